The lowest BCUT2D eigenvalue weighted by Crippen LogP contribution is -1.82. The van der Waals surface area contributed by atoms with Crippen molar-refractivity contribution in [3.8, 4) is 11.5 Å². The molecule has 0 atom stereocenters. The summed E-state index contributed by atoms with van der Waals surface area (Å²) in [6.45, 7) is 1.99. The minimum Gasteiger partial charge on any atom is -0.334 e. The summed E-state index contributed by atoms with van der Waals surface area (Å²) in [6, 6.07) is 7.63. The van der Waals surface area contributed by atoms with E-state index in [1.54, 1.807) is 0 Å². The summed E-state index contributed by atoms with van der Waals surface area (Å²) in [4.78, 5) is 14.2. The van der Waals surface area contributed by atoms with Gasteiger partial charge in [-0.2, -0.15) is 4.98 Å². The summed E-state index contributed by atoms with van der Waals surface area (Å²) in [5.41, 5.74) is 1.97. The minimum atomic E-state index is 0.0700. The van der Waals surface area contributed by atoms with Gasteiger partial charge in [-0.05, 0) is 19.1 Å². The molecular weight excluding hydrogens is 180 g/mol. The van der Waals surface area contributed by atoms with Crippen molar-refractivity contribution < 1.29 is 9.32 Å². The minimum absolute atomic E-state index is 0.0700. The van der Waals surface area contributed by atoms with Crippen molar-refractivity contribution in [1.29, 1.82) is 0 Å². The molecule has 2 aromatic rings. The van der Waals surface area contributed by atoms with Crippen molar-refractivity contribution in [2.45, 2.75) is 6.92 Å². The molecular formula is C10H8N2O2. The highest BCUT2D eigenvalue weighted by Crippen LogP contribution is 2.16. The van der Waals surface area contributed by atoms with E-state index in [0.29, 0.717) is 12.2 Å². The van der Waals surface area contributed by atoms with Gasteiger partial charge >= 0.3 is 0 Å². The molecule has 1 aromatic carbocycles. The van der Waals surface area contributed by atoms with Crippen LogP contribution in [0.5, 0.6) is 0 Å². The van der Waals surface area contributed by atoms with Gasteiger partial charge in [0, 0.05) is 5.56 Å². The van der Waals surface area contributed by atoms with Crippen LogP contribution in [0, 0.1) is 6.92 Å². The van der Waals surface area contributed by atoms with E-state index in [0.717, 1.165) is 11.1 Å². The first-order valence-electron chi connectivity index (χ1n) is 4.15. The van der Waals surface area contributed by atoms with E-state index in [-0.39, 0.29) is 5.82 Å². The lowest BCUT2D eigenvalue weighted by Gasteiger charge is -1.93. The normalized spacial score (nSPS) is 10.1. The number of aldehydes is 1. The van der Waals surface area contributed by atoms with Crippen LogP contribution in [0.4, 0.5) is 0 Å². The molecule has 0 N–H and O–H groups in total. The first kappa shape index (κ1) is 8.62. The van der Waals surface area contributed by atoms with Crippen LogP contribution < -0.4 is 0 Å². The number of aromatic nitrogens is 2. The second kappa shape index (κ2) is 3.41. The van der Waals surface area contributed by atoms with Crippen molar-refractivity contribution >= 4 is 6.29 Å². The van der Waals surface area contributed by atoms with Gasteiger partial charge in [-0.1, -0.05) is 22.9 Å². The molecule has 0 aliphatic heterocycles. The van der Waals surface area contributed by atoms with Crippen LogP contribution in [0.25, 0.3) is 11.5 Å². The summed E-state index contributed by atoms with van der Waals surface area (Å²) in [5.74, 6) is 0.438. The van der Waals surface area contributed by atoms with E-state index >= 15 is 0 Å². The van der Waals surface area contributed by atoms with Gasteiger partial charge in [0.25, 0.3) is 5.89 Å². The highest BCUT2D eigenvalue weighted by molar-refractivity contribution is 5.69. The maximum atomic E-state index is 10.3. The van der Waals surface area contributed by atoms with Crippen LogP contribution >= 0.6 is 0 Å². The lowest BCUT2D eigenvalue weighted by molar-refractivity contribution is 0.111. The maximum absolute atomic E-state index is 10.3. The number of benzene rings is 1. The molecule has 14 heavy (non-hydrogen) atoms. The van der Waals surface area contributed by atoms with Gasteiger partial charge in [-0.25, -0.2) is 0 Å². The van der Waals surface area contributed by atoms with Crippen molar-refractivity contribution in [1.82, 2.24) is 10.1 Å². The summed E-state index contributed by atoms with van der Waals surface area (Å²) >= 11 is 0. The van der Waals surface area contributed by atoms with E-state index in [1.165, 1.54) is 0 Å². The number of carbonyl (C=O) groups excluding carboxylic acids is 1. The van der Waals surface area contributed by atoms with E-state index in [2.05, 4.69) is 10.1 Å². The summed E-state index contributed by atoms with van der Waals surface area (Å²) in [7, 11) is 0. The van der Waals surface area contributed by atoms with E-state index in [9.17, 15) is 4.79 Å². The fraction of sp³-hybridized carbons (Fsp3) is 0.100. The van der Waals surface area contributed by atoms with Crippen molar-refractivity contribution in [2.75, 3.05) is 0 Å². The van der Waals surface area contributed by atoms with Crippen LogP contribution in [-0.4, -0.2) is 16.4 Å². The smallest absolute Gasteiger partial charge is 0.258 e. The SMILES string of the molecule is Cc1ccc(-c2nc(C=O)no2)cc1. The standard InChI is InChI=1S/C10H8N2O2/c1-7-2-4-8(5-3-7)10-11-9(6-13)12-14-10/h2-6H,1H3. The Labute approximate surface area is 80.6 Å². The average molecular weight is 188 g/mol. The van der Waals surface area contributed by atoms with Crippen LogP contribution in [0.15, 0.2) is 28.8 Å². The van der Waals surface area contributed by atoms with Gasteiger partial charge in [0.2, 0.25) is 5.82 Å². The fourth-order valence-corrected chi connectivity index (χ4v) is 1.10. The monoisotopic (exact) mass is 188 g/mol. The Kier molecular flexibility index (Phi) is 2.10. The molecule has 0 saturated heterocycles. The third kappa shape index (κ3) is 1.54. The Balaban J connectivity index is 2.39. The zero-order chi connectivity index (χ0) is 9.97. The van der Waals surface area contributed by atoms with Crippen LogP contribution in [0.2, 0.25) is 0 Å². The number of hydrogen-bond acceptors (Lipinski definition) is 4. The first-order valence-corrected chi connectivity index (χ1v) is 4.15. The first-order chi connectivity index (χ1) is 6.79. The van der Waals surface area contributed by atoms with E-state index in [1.807, 2.05) is 31.2 Å². The molecule has 2 rings (SSSR count). The predicted molar refractivity (Wildman–Crippen MR) is 49.9 cm³/mol. The van der Waals surface area contributed by atoms with E-state index in [4.69, 9.17) is 4.52 Å². The fourth-order valence-electron chi connectivity index (χ4n) is 1.10. The van der Waals surface area contributed by atoms with Gasteiger partial charge in [0.05, 0.1) is 0 Å². The largest absolute Gasteiger partial charge is 0.334 e. The molecule has 0 amide bonds. The van der Waals surface area contributed by atoms with Crippen LogP contribution in [-0.2, 0) is 0 Å². The molecule has 0 unspecified atom stereocenters. The molecule has 1 heterocycles. The number of aryl methyl sites for hydroxylation is 1. The lowest BCUT2D eigenvalue weighted by atomic mass is 10.1. The van der Waals surface area contributed by atoms with Gasteiger partial charge < -0.3 is 4.52 Å². The Morgan fingerprint density at radius 2 is 2.00 bits per heavy atom. The summed E-state index contributed by atoms with van der Waals surface area (Å²) in [6.07, 6.45) is 0.557. The molecule has 0 aliphatic rings. The maximum Gasteiger partial charge on any atom is 0.258 e. The molecule has 0 radical (unpaired) electrons. The van der Waals surface area contributed by atoms with Crippen molar-refractivity contribution in [3.63, 3.8) is 0 Å². The van der Waals surface area contributed by atoms with Crippen molar-refractivity contribution in [2.24, 2.45) is 0 Å². The van der Waals surface area contributed by atoms with Crippen LogP contribution in [0.1, 0.15) is 16.2 Å². The Morgan fingerprint density at radius 3 is 2.57 bits per heavy atom. The van der Waals surface area contributed by atoms with E-state index < -0.39 is 0 Å². The zero-order valence-electron chi connectivity index (χ0n) is 7.60. The molecule has 0 spiro atoms. The molecule has 4 nitrogen and oxygen atoms in total. The van der Waals surface area contributed by atoms with Gasteiger partial charge in [0.1, 0.15) is 0 Å². The second-order valence-corrected chi connectivity index (χ2v) is 2.94. The zero-order valence-corrected chi connectivity index (χ0v) is 7.60. The quantitative estimate of drug-likeness (QED) is 0.675. The third-order valence-corrected chi connectivity index (χ3v) is 1.85. The number of carbonyl (C=O) groups is 1. The molecule has 0 saturated carbocycles. The highest BCUT2D eigenvalue weighted by Gasteiger charge is 2.06. The molecule has 70 valence electrons. The molecule has 1 aromatic heterocycles. The Morgan fingerprint density at radius 1 is 1.29 bits per heavy atom. The second-order valence-electron chi connectivity index (χ2n) is 2.94. The summed E-state index contributed by atoms with van der Waals surface area (Å²) in [5, 5.41) is 3.48. The topological polar surface area (TPSA) is 56.0 Å². The molecule has 0 aliphatic carbocycles. The Bertz CT molecular complexity index is 445. The van der Waals surface area contributed by atoms with Crippen molar-refractivity contribution in [3.05, 3.63) is 35.7 Å². The number of nitrogens with zero attached hydrogens (tertiary/aromatic N) is 2. The van der Waals surface area contributed by atoms with Gasteiger partial charge in [-0.3, -0.25) is 4.79 Å². The highest BCUT2D eigenvalue weighted by atomic mass is 16.5. The molecule has 4 heteroatoms. The predicted octanol–water partition coefficient (Wildman–Crippen LogP) is 1.86. The van der Waals surface area contributed by atoms with Gasteiger partial charge in [-0.15, -0.1) is 0 Å². The third-order valence-electron chi connectivity index (χ3n) is 1.85. The van der Waals surface area contributed by atoms with Gasteiger partial charge in [0.15, 0.2) is 6.29 Å². The molecule has 0 bridgehead atoms. The molecule has 0 fully saturated rings. The Hall–Kier alpha value is -1.97. The summed E-state index contributed by atoms with van der Waals surface area (Å²) < 4.78 is 4.89. The average Bonchev–Trinajstić information content (AvgIpc) is 2.67. The number of hydrogen-bond donors (Lipinski definition) is 0. The van der Waals surface area contributed by atoms with Crippen LogP contribution in [0.3, 0.4) is 0 Å². The number of rotatable bonds is 2.